The lowest BCUT2D eigenvalue weighted by molar-refractivity contribution is 0.365. The van der Waals surface area contributed by atoms with Crippen LogP contribution in [0.4, 0.5) is 5.69 Å². The van der Waals surface area contributed by atoms with Crippen LogP contribution in [0, 0.1) is 19.8 Å². The Labute approximate surface area is 149 Å². The van der Waals surface area contributed by atoms with E-state index in [2.05, 4.69) is 41.1 Å². The predicted molar refractivity (Wildman–Crippen MR) is 104 cm³/mol. The Morgan fingerprint density at radius 2 is 1.88 bits per heavy atom. The van der Waals surface area contributed by atoms with Gasteiger partial charge in [-0.15, -0.1) is 0 Å². The maximum Gasteiger partial charge on any atom is 0.0455 e. The number of azide groups is 1. The molecule has 4 nitrogen and oxygen atoms in total. The van der Waals surface area contributed by atoms with Crippen LogP contribution in [0.5, 0.6) is 0 Å². The van der Waals surface area contributed by atoms with E-state index < -0.39 is 0 Å². The summed E-state index contributed by atoms with van der Waals surface area (Å²) in [6.45, 7) is 8.69. The van der Waals surface area contributed by atoms with E-state index >= 15 is 0 Å². The van der Waals surface area contributed by atoms with Crippen LogP contribution in [0.3, 0.4) is 0 Å². The van der Waals surface area contributed by atoms with Crippen molar-refractivity contribution in [2.24, 2.45) is 11.0 Å². The molecule has 1 aromatic carbocycles. The molecule has 0 unspecified atom stereocenters. The summed E-state index contributed by atoms with van der Waals surface area (Å²) in [6.07, 6.45) is 7.93. The standard InChI is InChI=1S/C21H26N4/c1-15(13-18-7-5-4-6-8-18)21-14-16(2)25(17(21)3)20-11-9-19(10-12-20)23-24-22/h9-12,14,18H,1,4-8,13H2,2-3H3. The summed E-state index contributed by atoms with van der Waals surface area (Å²) in [7, 11) is 0. The Morgan fingerprint density at radius 3 is 2.52 bits per heavy atom. The number of allylic oxidation sites excluding steroid dienone is 1. The van der Waals surface area contributed by atoms with E-state index in [1.807, 2.05) is 24.3 Å². The molecule has 0 bridgehead atoms. The van der Waals surface area contributed by atoms with Crippen LogP contribution in [0.1, 0.15) is 55.5 Å². The van der Waals surface area contributed by atoms with Gasteiger partial charge in [-0.05, 0) is 61.1 Å². The van der Waals surface area contributed by atoms with Crippen LogP contribution >= 0.6 is 0 Å². The summed E-state index contributed by atoms with van der Waals surface area (Å²) >= 11 is 0. The molecule has 0 N–H and O–H groups in total. The molecular weight excluding hydrogens is 308 g/mol. The van der Waals surface area contributed by atoms with Gasteiger partial charge in [0.2, 0.25) is 0 Å². The van der Waals surface area contributed by atoms with Gasteiger partial charge >= 0.3 is 0 Å². The highest BCUT2D eigenvalue weighted by Crippen LogP contribution is 2.34. The van der Waals surface area contributed by atoms with Crippen LogP contribution in [0.2, 0.25) is 0 Å². The molecule has 0 radical (unpaired) electrons. The first kappa shape index (κ1) is 17.4. The molecule has 1 aromatic heterocycles. The molecule has 25 heavy (non-hydrogen) atoms. The SMILES string of the molecule is C=C(CC1CCCCC1)c1cc(C)n(-c2ccc(N=[N+]=[N-])cc2)c1C. The predicted octanol–water partition coefficient (Wildman–Crippen LogP) is 7.02. The van der Waals surface area contributed by atoms with Crippen molar-refractivity contribution in [2.75, 3.05) is 0 Å². The monoisotopic (exact) mass is 334 g/mol. The number of hydrogen-bond donors (Lipinski definition) is 0. The van der Waals surface area contributed by atoms with Crippen LogP contribution in [0.15, 0.2) is 42.0 Å². The van der Waals surface area contributed by atoms with Crippen molar-refractivity contribution in [3.05, 3.63) is 64.3 Å². The average Bonchev–Trinajstić information content (AvgIpc) is 2.92. The molecule has 0 aliphatic heterocycles. The van der Waals surface area contributed by atoms with Gasteiger partial charge in [0, 0.05) is 27.7 Å². The summed E-state index contributed by atoms with van der Waals surface area (Å²) in [6, 6.07) is 9.95. The Morgan fingerprint density at radius 1 is 1.20 bits per heavy atom. The second kappa shape index (κ2) is 7.62. The molecular formula is C21H26N4. The third-order valence-corrected chi connectivity index (χ3v) is 5.34. The van der Waals surface area contributed by atoms with Gasteiger partial charge in [-0.2, -0.15) is 0 Å². The van der Waals surface area contributed by atoms with Crippen LogP contribution in [-0.2, 0) is 0 Å². The fourth-order valence-electron chi connectivity index (χ4n) is 4.09. The number of hydrogen-bond acceptors (Lipinski definition) is 1. The Kier molecular flexibility index (Phi) is 5.30. The summed E-state index contributed by atoms with van der Waals surface area (Å²) in [5.41, 5.74) is 15.2. The summed E-state index contributed by atoms with van der Waals surface area (Å²) < 4.78 is 2.25. The lowest BCUT2D eigenvalue weighted by Gasteiger charge is -2.22. The second-order valence-electron chi connectivity index (χ2n) is 7.14. The normalized spacial score (nSPS) is 15.0. The molecule has 1 aliphatic rings. The van der Waals surface area contributed by atoms with E-state index in [0.717, 1.165) is 18.0 Å². The molecule has 1 saturated carbocycles. The highest BCUT2D eigenvalue weighted by atomic mass is 15.1. The molecule has 2 aromatic rings. The average molecular weight is 334 g/mol. The molecule has 4 heteroatoms. The molecule has 130 valence electrons. The van der Waals surface area contributed by atoms with Gasteiger partial charge in [-0.1, -0.05) is 55.9 Å². The van der Waals surface area contributed by atoms with Crippen molar-refractivity contribution >= 4 is 11.3 Å². The largest absolute Gasteiger partial charge is 0.318 e. The maximum absolute atomic E-state index is 8.54. The Hall–Kier alpha value is -2.45. The minimum absolute atomic E-state index is 0.635. The molecule has 0 spiro atoms. The molecule has 3 rings (SSSR count). The zero-order chi connectivity index (χ0) is 17.8. The Balaban J connectivity index is 1.84. The third kappa shape index (κ3) is 3.80. The van der Waals surface area contributed by atoms with Crippen molar-refractivity contribution in [3.8, 4) is 5.69 Å². The Bertz CT molecular complexity index is 801. The van der Waals surface area contributed by atoms with Gasteiger partial charge in [0.1, 0.15) is 0 Å². The molecule has 0 amide bonds. The van der Waals surface area contributed by atoms with Gasteiger partial charge in [-0.3, -0.25) is 0 Å². The van der Waals surface area contributed by atoms with E-state index in [4.69, 9.17) is 5.53 Å². The summed E-state index contributed by atoms with van der Waals surface area (Å²) in [5, 5.41) is 3.64. The highest BCUT2D eigenvalue weighted by molar-refractivity contribution is 5.67. The fraction of sp³-hybridized carbons (Fsp3) is 0.429. The molecule has 0 atom stereocenters. The van der Waals surface area contributed by atoms with E-state index in [1.54, 1.807) is 0 Å². The summed E-state index contributed by atoms with van der Waals surface area (Å²) in [4.78, 5) is 2.83. The zero-order valence-electron chi connectivity index (χ0n) is 15.2. The zero-order valence-corrected chi connectivity index (χ0v) is 15.2. The van der Waals surface area contributed by atoms with E-state index in [-0.39, 0.29) is 0 Å². The topological polar surface area (TPSA) is 53.7 Å². The molecule has 0 saturated heterocycles. The van der Waals surface area contributed by atoms with E-state index in [1.165, 1.54) is 54.6 Å². The molecule has 1 aliphatic carbocycles. The maximum atomic E-state index is 8.54. The van der Waals surface area contributed by atoms with Gasteiger partial charge in [0.05, 0.1) is 0 Å². The van der Waals surface area contributed by atoms with Crippen molar-refractivity contribution in [1.82, 2.24) is 4.57 Å². The van der Waals surface area contributed by atoms with Gasteiger partial charge in [-0.25, -0.2) is 0 Å². The first-order valence-electron chi connectivity index (χ1n) is 9.12. The minimum atomic E-state index is 0.635. The van der Waals surface area contributed by atoms with Gasteiger partial charge < -0.3 is 4.57 Å². The molecule has 1 fully saturated rings. The smallest absolute Gasteiger partial charge is 0.0455 e. The number of benzene rings is 1. The molecule has 1 heterocycles. The minimum Gasteiger partial charge on any atom is -0.318 e. The van der Waals surface area contributed by atoms with Crippen LogP contribution < -0.4 is 0 Å². The lowest BCUT2D eigenvalue weighted by Crippen LogP contribution is -2.07. The van der Waals surface area contributed by atoms with Crippen molar-refractivity contribution in [3.63, 3.8) is 0 Å². The quantitative estimate of drug-likeness (QED) is 0.320. The van der Waals surface area contributed by atoms with E-state index in [0.29, 0.717) is 5.69 Å². The van der Waals surface area contributed by atoms with Crippen LogP contribution in [-0.4, -0.2) is 4.57 Å². The van der Waals surface area contributed by atoms with Gasteiger partial charge in [0.15, 0.2) is 0 Å². The van der Waals surface area contributed by atoms with Gasteiger partial charge in [0.25, 0.3) is 0 Å². The summed E-state index contributed by atoms with van der Waals surface area (Å²) in [5.74, 6) is 0.799. The van der Waals surface area contributed by atoms with Crippen molar-refractivity contribution in [1.29, 1.82) is 0 Å². The fourth-order valence-corrected chi connectivity index (χ4v) is 4.09. The van der Waals surface area contributed by atoms with Crippen LogP contribution in [0.25, 0.3) is 21.7 Å². The second-order valence-corrected chi connectivity index (χ2v) is 7.14. The number of aromatic nitrogens is 1. The number of nitrogens with zero attached hydrogens (tertiary/aromatic N) is 4. The number of aryl methyl sites for hydroxylation is 1. The highest BCUT2D eigenvalue weighted by Gasteiger charge is 2.18. The lowest BCUT2D eigenvalue weighted by atomic mass is 9.83. The third-order valence-electron chi connectivity index (χ3n) is 5.34. The number of rotatable bonds is 5. The first-order chi connectivity index (χ1) is 12.1. The van der Waals surface area contributed by atoms with Crippen molar-refractivity contribution in [2.45, 2.75) is 52.4 Å². The first-order valence-corrected chi connectivity index (χ1v) is 9.12. The van der Waals surface area contributed by atoms with Crippen molar-refractivity contribution < 1.29 is 0 Å². The van der Waals surface area contributed by atoms with E-state index in [9.17, 15) is 0 Å².